The first kappa shape index (κ1) is 8.81. The van der Waals surface area contributed by atoms with E-state index in [9.17, 15) is 0 Å². The van der Waals surface area contributed by atoms with Crippen LogP contribution in [-0.4, -0.2) is 5.75 Å². The highest BCUT2D eigenvalue weighted by Gasteiger charge is 2.36. The lowest BCUT2D eigenvalue weighted by atomic mass is 9.96. The third kappa shape index (κ3) is 1.14. The van der Waals surface area contributed by atoms with E-state index in [1.165, 1.54) is 22.3 Å². The van der Waals surface area contributed by atoms with E-state index >= 15 is 0 Å². The molecule has 2 aromatic rings. The van der Waals surface area contributed by atoms with Crippen molar-refractivity contribution in [1.29, 1.82) is 0 Å². The molecular formula is C12H12S2. The van der Waals surface area contributed by atoms with E-state index in [1.54, 1.807) is 5.56 Å². The molecule has 0 N–H and O–H groups in total. The van der Waals surface area contributed by atoms with Gasteiger partial charge in [-0.05, 0) is 41.5 Å². The molecular weight excluding hydrogens is 208 g/mol. The maximum absolute atomic E-state index is 2.37. The van der Waals surface area contributed by atoms with Crippen LogP contribution in [0, 0.1) is 0 Å². The van der Waals surface area contributed by atoms with Crippen LogP contribution in [-0.2, 0) is 4.75 Å². The molecule has 0 amide bonds. The highest BCUT2D eigenvalue weighted by molar-refractivity contribution is 8.01. The van der Waals surface area contributed by atoms with Crippen LogP contribution >= 0.6 is 23.1 Å². The summed E-state index contributed by atoms with van der Waals surface area (Å²) in [6.07, 6.45) is 1.33. The summed E-state index contributed by atoms with van der Waals surface area (Å²) in [5, 5.41) is 3.81. The lowest BCUT2D eigenvalue weighted by Crippen LogP contribution is -2.27. The number of rotatable bonds is 1. The summed E-state index contributed by atoms with van der Waals surface area (Å²) in [6.45, 7) is 2.37. The van der Waals surface area contributed by atoms with E-state index in [0.29, 0.717) is 4.75 Å². The summed E-state index contributed by atoms with van der Waals surface area (Å²) in [6, 6.07) is 8.74. The number of fused-ring (bicyclic) bond motifs is 1. The zero-order chi connectivity index (χ0) is 9.60. The van der Waals surface area contributed by atoms with Crippen molar-refractivity contribution in [2.24, 2.45) is 0 Å². The third-order valence-corrected chi connectivity index (χ3v) is 5.48. The van der Waals surface area contributed by atoms with Crippen molar-refractivity contribution in [1.82, 2.24) is 0 Å². The molecule has 3 rings (SSSR count). The van der Waals surface area contributed by atoms with Gasteiger partial charge in [0, 0.05) is 9.45 Å². The topological polar surface area (TPSA) is 0 Å². The number of thioether (sulfide) groups is 1. The molecule has 1 saturated heterocycles. The van der Waals surface area contributed by atoms with Gasteiger partial charge in [-0.3, -0.25) is 0 Å². The third-order valence-electron chi connectivity index (χ3n) is 3.05. The summed E-state index contributed by atoms with van der Waals surface area (Å²) >= 11 is 3.96. The van der Waals surface area contributed by atoms with Crippen molar-refractivity contribution < 1.29 is 0 Å². The van der Waals surface area contributed by atoms with Gasteiger partial charge in [-0.25, -0.2) is 0 Å². The van der Waals surface area contributed by atoms with Crippen LogP contribution in [0.3, 0.4) is 0 Å². The van der Waals surface area contributed by atoms with E-state index in [1.807, 2.05) is 11.3 Å². The molecule has 0 spiro atoms. The fourth-order valence-electron chi connectivity index (χ4n) is 2.01. The van der Waals surface area contributed by atoms with Crippen molar-refractivity contribution in [2.45, 2.75) is 18.1 Å². The van der Waals surface area contributed by atoms with Gasteiger partial charge in [0.15, 0.2) is 0 Å². The molecule has 1 aromatic heterocycles. The Morgan fingerprint density at radius 1 is 1.29 bits per heavy atom. The monoisotopic (exact) mass is 220 g/mol. The van der Waals surface area contributed by atoms with E-state index in [2.05, 4.69) is 48.3 Å². The Morgan fingerprint density at radius 3 is 2.79 bits per heavy atom. The first-order valence-corrected chi connectivity index (χ1v) is 6.77. The van der Waals surface area contributed by atoms with Gasteiger partial charge in [-0.2, -0.15) is 11.8 Å². The molecule has 1 fully saturated rings. The minimum Gasteiger partial charge on any atom is -0.150 e. The molecule has 14 heavy (non-hydrogen) atoms. The largest absolute Gasteiger partial charge is 0.150 e. The van der Waals surface area contributed by atoms with Crippen LogP contribution < -0.4 is 0 Å². The highest BCUT2D eigenvalue weighted by atomic mass is 32.2. The van der Waals surface area contributed by atoms with E-state index in [4.69, 9.17) is 0 Å². The average Bonchev–Trinajstić information content (AvgIpc) is 2.58. The number of thiophene rings is 1. The molecule has 0 saturated carbocycles. The van der Waals surface area contributed by atoms with Crippen molar-refractivity contribution in [2.75, 3.05) is 5.75 Å². The van der Waals surface area contributed by atoms with E-state index in [-0.39, 0.29) is 0 Å². The van der Waals surface area contributed by atoms with Crippen LogP contribution in [0.1, 0.15) is 18.9 Å². The fourth-order valence-corrected chi connectivity index (χ4v) is 4.32. The molecule has 2 heteroatoms. The molecule has 1 aliphatic heterocycles. The van der Waals surface area contributed by atoms with Gasteiger partial charge in [0.1, 0.15) is 0 Å². The van der Waals surface area contributed by atoms with Crippen molar-refractivity contribution in [3.63, 3.8) is 0 Å². The van der Waals surface area contributed by atoms with Crippen molar-refractivity contribution >= 4 is 33.2 Å². The first-order chi connectivity index (χ1) is 6.80. The highest BCUT2D eigenvalue weighted by Crippen LogP contribution is 2.51. The minimum absolute atomic E-state index is 0.402. The van der Waals surface area contributed by atoms with Gasteiger partial charge < -0.3 is 0 Å². The Bertz CT molecular complexity index is 466. The number of benzene rings is 1. The second-order valence-electron chi connectivity index (χ2n) is 3.97. The molecule has 1 atom stereocenters. The van der Waals surface area contributed by atoms with Crippen LogP contribution in [0.25, 0.3) is 10.1 Å². The number of hydrogen-bond acceptors (Lipinski definition) is 2. The Morgan fingerprint density at radius 2 is 2.07 bits per heavy atom. The Labute approximate surface area is 92.3 Å². The van der Waals surface area contributed by atoms with E-state index < -0.39 is 0 Å². The van der Waals surface area contributed by atoms with Gasteiger partial charge in [0.05, 0.1) is 0 Å². The minimum atomic E-state index is 0.402. The standard InChI is InChI=1S/C12H12S2/c1-12(6-7-14-12)10-8-13-11-5-3-2-4-9(10)11/h2-5,8H,6-7H2,1H3. The summed E-state index contributed by atoms with van der Waals surface area (Å²) in [7, 11) is 0. The van der Waals surface area contributed by atoms with Crippen molar-refractivity contribution in [3.05, 3.63) is 35.2 Å². The zero-order valence-electron chi connectivity index (χ0n) is 8.12. The lowest BCUT2D eigenvalue weighted by Gasteiger charge is -2.37. The lowest BCUT2D eigenvalue weighted by molar-refractivity contribution is 0.633. The SMILES string of the molecule is CC1(c2csc3ccccc23)CCS1. The maximum Gasteiger partial charge on any atom is 0.0402 e. The summed E-state index contributed by atoms with van der Waals surface area (Å²) in [5.41, 5.74) is 1.55. The quantitative estimate of drug-likeness (QED) is 0.692. The van der Waals surface area contributed by atoms with Gasteiger partial charge >= 0.3 is 0 Å². The summed E-state index contributed by atoms with van der Waals surface area (Å²) in [4.78, 5) is 0. The molecule has 0 bridgehead atoms. The predicted octanol–water partition coefficient (Wildman–Crippen LogP) is 4.25. The molecule has 72 valence electrons. The van der Waals surface area contributed by atoms with Gasteiger partial charge in [-0.15, -0.1) is 11.3 Å². The second-order valence-corrected chi connectivity index (χ2v) is 6.48. The van der Waals surface area contributed by atoms with Gasteiger partial charge in [0.25, 0.3) is 0 Å². The number of hydrogen-bond donors (Lipinski definition) is 0. The van der Waals surface area contributed by atoms with Crippen LogP contribution in [0.5, 0.6) is 0 Å². The summed E-state index contributed by atoms with van der Waals surface area (Å²) in [5.74, 6) is 1.32. The predicted molar refractivity (Wildman–Crippen MR) is 66.3 cm³/mol. The average molecular weight is 220 g/mol. The fraction of sp³-hybridized carbons (Fsp3) is 0.333. The Balaban J connectivity index is 2.22. The molecule has 0 aliphatic carbocycles. The maximum atomic E-state index is 2.37. The van der Waals surface area contributed by atoms with Crippen LogP contribution in [0.4, 0.5) is 0 Å². The van der Waals surface area contributed by atoms with E-state index in [0.717, 1.165) is 0 Å². The Hall–Kier alpha value is -0.470. The second kappa shape index (κ2) is 3.01. The van der Waals surface area contributed by atoms with Crippen LogP contribution in [0.15, 0.2) is 29.6 Å². The summed E-state index contributed by atoms with van der Waals surface area (Å²) < 4.78 is 1.83. The van der Waals surface area contributed by atoms with Gasteiger partial charge in [-0.1, -0.05) is 18.2 Å². The van der Waals surface area contributed by atoms with Crippen LogP contribution in [0.2, 0.25) is 0 Å². The van der Waals surface area contributed by atoms with Gasteiger partial charge in [0.2, 0.25) is 0 Å². The molecule has 1 aromatic carbocycles. The zero-order valence-corrected chi connectivity index (χ0v) is 9.75. The molecule has 1 unspecified atom stereocenters. The molecule has 2 heterocycles. The molecule has 0 radical (unpaired) electrons. The molecule has 1 aliphatic rings. The smallest absolute Gasteiger partial charge is 0.0402 e. The first-order valence-electron chi connectivity index (χ1n) is 4.90. The molecule has 0 nitrogen and oxygen atoms in total. The van der Waals surface area contributed by atoms with Crippen molar-refractivity contribution in [3.8, 4) is 0 Å². The normalized spacial score (nSPS) is 26.4. The Kier molecular flexibility index (Phi) is 1.89.